The molecule has 1 aromatic carbocycles. The number of nitrogens with zero attached hydrogens (tertiary/aromatic N) is 1. The third-order valence-electron chi connectivity index (χ3n) is 2.42. The van der Waals surface area contributed by atoms with Gasteiger partial charge < -0.3 is 10.1 Å². The van der Waals surface area contributed by atoms with E-state index in [1.54, 1.807) is 24.3 Å². The zero-order valence-electron chi connectivity index (χ0n) is 10.4. The molecule has 0 aliphatic rings. The molecule has 1 aromatic heterocycles. The van der Waals surface area contributed by atoms with E-state index in [0.717, 1.165) is 10.7 Å². The van der Waals surface area contributed by atoms with Gasteiger partial charge in [-0.2, -0.15) is 5.10 Å². The molecule has 1 heterocycles. The summed E-state index contributed by atoms with van der Waals surface area (Å²) in [5.74, 6) is -0.871. The highest BCUT2D eigenvalue weighted by atomic mass is 79.9. The monoisotopic (exact) mass is 368 g/mol. The van der Waals surface area contributed by atoms with E-state index in [1.165, 1.54) is 0 Å². The normalized spacial score (nSPS) is 10.7. The summed E-state index contributed by atoms with van der Waals surface area (Å²) in [6, 6.07) is 6.65. The van der Waals surface area contributed by atoms with Gasteiger partial charge in [0.05, 0.1) is 6.21 Å². The summed E-state index contributed by atoms with van der Waals surface area (Å²) in [7, 11) is 0. The molecule has 0 saturated heterocycles. The molecular formula is C12H9BrN4O3S. The molecule has 21 heavy (non-hydrogen) atoms. The summed E-state index contributed by atoms with van der Waals surface area (Å²) in [5, 5.41) is 13.2. The van der Waals surface area contributed by atoms with Crippen LogP contribution >= 0.6 is 28.1 Å². The highest BCUT2D eigenvalue weighted by molar-refractivity contribution is 9.10. The molecule has 0 radical (unpaired) electrons. The molecular weight excluding hydrogens is 360 g/mol. The number of benzene rings is 1. The Balaban J connectivity index is 2.13. The number of aromatic amines is 2. The molecule has 0 bridgehead atoms. The first-order chi connectivity index (χ1) is 9.97. The second-order valence-electron chi connectivity index (χ2n) is 3.88. The highest BCUT2D eigenvalue weighted by Crippen LogP contribution is 2.10. The molecule has 0 fully saturated rings. The van der Waals surface area contributed by atoms with Crippen LogP contribution in [0.3, 0.4) is 0 Å². The molecule has 1 amide bonds. The first kappa shape index (κ1) is 15.1. The molecule has 4 N–H and O–H groups in total. The quantitative estimate of drug-likeness (QED) is 0.375. The number of hydrogen-bond acceptors (Lipinski definition) is 5. The second-order valence-corrected chi connectivity index (χ2v) is 5.20. The summed E-state index contributed by atoms with van der Waals surface area (Å²) >= 11 is 7.95. The van der Waals surface area contributed by atoms with Crippen molar-refractivity contribution in [2.75, 3.05) is 0 Å². The SMILES string of the molecule is O=C(NN=Cc1c(O)[nH]c(=S)[nH]c1=O)c1ccc(Br)cc1. The molecule has 0 unspecified atom stereocenters. The number of amides is 1. The van der Waals surface area contributed by atoms with Crippen molar-refractivity contribution in [2.45, 2.75) is 0 Å². The summed E-state index contributed by atoms with van der Waals surface area (Å²) in [6.45, 7) is 0. The smallest absolute Gasteiger partial charge is 0.271 e. The van der Waals surface area contributed by atoms with Crippen LogP contribution in [0.2, 0.25) is 0 Å². The largest absolute Gasteiger partial charge is 0.494 e. The first-order valence-corrected chi connectivity index (χ1v) is 6.82. The van der Waals surface area contributed by atoms with E-state index in [9.17, 15) is 14.7 Å². The number of aromatic hydroxyl groups is 1. The van der Waals surface area contributed by atoms with Crippen LogP contribution < -0.4 is 11.0 Å². The van der Waals surface area contributed by atoms with Crippen molar-refractivity contribution in [3.8, 4) is 5.88 Å². The fourth-order valence-corrected chi connectivity index (χ4v) is 1.88. The number of H-pyrrole nitrogens is 2. The van der Waals surface area contributed by atoms with Crippen molar-refractivity contribution in [2.24, 2.45) is 5.10 Å². The van der Waals surface area contributed by atoms with Crippen LogP contribution in [0, 0.1) is 4.77 Å². The van der Waals surface area contributed by atoms with Crippen molar-refractivity contribution in [3.05, 3.63) is 55.0 Å². The third kappa shape index (κ3) is 3.86. The lowest BCUT2D eigenvalue weighted by atomic mass is 10.2. The topological polar surface area (TPSA) is 110 Å². The molecule has 0 saturated carbocycles. The lowest BCUT2D eigenvalue weighted by Crippen LogP contribution is -2.19. The molecule has 2 rings (SSSR count). The maximum Gasteiger partial charge on any atom is 0.271 e. The summed E-state index contributed by atoms with van der Waals surface area (Å²) < 4.78 is 0.840. The summed E-state index contributed by atoms with van der Waals surface area (Å²) in [4.78, 5) is 27.9. The lowest BCUT2D eigenvalue weighted by Gasteiger charge is -2.00. The van der Waals surface area contributed by atoms with Crippen molar-refractivity contribution in [1.29, 1.82) is 0 Å². The molecule has 108 valence electrons. The van der Waals surface area contributed by atoms with E-state index >= 15 is 0 Å². The highest BCUT2D eigenvalue weighted by Gasteiger charge is 2.06. The van der Waals surface area contributed by atoms with Gasteiger partial charge in [-0.3, -0.25) is 14.6 Å². The Labute approximate surface area is 131 Å². The van der Waals surface area contributed by atoms with Crippen LogP contribution in [0.1, 0.15) is 15.9 Å². The number of carbonyl (C=O) groups is 1. The number of hydrazone groups is 1. The maximum atomic E-state index is 11.8. The molecule has 7 nitrogen and oxygen atoms in total. The standard InChI is InChI=1S/C12H9BrN4O3S/c13-7-3-1-6(2-4-7)9(18)17-14-5-8-10(19)15-12(21)16-11(8)20/h1-5H,(H,17,18)(H3,15,16,19,20,21). The van der Waals surface area contributed by atoms with Gasteiger partial charge in [-0.15, -0.1) is 0 Å². The molecule has 0 atom stereocenters. The predicted octanol–water partition coefficient (Wildman–Crippen LogP) is 1.66. The number of nitrogens with one attached hydrogen (secondary N) is 3. The molecule has 9 heteroatoms. The number of carbonyl (C=O) groups excluding carboxylic acids is 1. The van der Waals surface area contributed by atoms with Gasteiger partial charge >= 0.3 is 0 Å². The molecule has 0 aliphatic carbocycles. The second kappa shape index (κ2) is 6.46. The van der Waals surface area contributed by atoms with E-state index in [2.05, 4.69) is 48.6 Å². The Morgan fingerprint density at radius 1 is 1.33 bits per heavy atom. The maximum absolute atomic E-state index is 11.8. The third-order valence-corrected chi connectivity index (χ3v) is 3.16. The Morgan fingerprint density at radius 2 is 2.00 bits per heavy atom. The zero-order valence-corrected chi connectivity index (χ0v) is 12.8. The average Bonchev–Trinajstić information content (AvgIpc) is 2.42. The fraction of sp³-hybridized carbons (Fsp3) is 0. The van der Waals surface area contributed by atoms with Gasteiger partial charge in [-0.1, -0.05) is 15.9 Å². The molecule has 0 spiro atoms. The minimum absolute atomic E-state index is 0.00597. The van der Waals surface area contributed by atoms with Gasteiger partial charge in [0.15, 0.2) is 4.77 Å². The fourth-order valence-electron chi connectivity index (χ4n) is 1.43. The van der Waals surface area contributed by atoms with Gasteiger partial charge in [-0.05, 0) is 36.5 Å². The van der Waals surface area contributed by atoms with Crippen LogP contribution in [0.15, 0.2) is 38.6 Å². The first-order valence-electron chi connectivity index (χ1n) is 5.62. The van der Waals surface area contributed by atoms with Gasteiger partial charge in [0, 0.05) is 10.0 Å². The number of aromatic nitrogens is 2. The zero-order chi connectivity index (χ0) is 15.4. The van der Waals surface area contributed by atoms with Gasteiger partial charge in [0.2, 0.25) is 5.88 Å². The average molecular weight is 369 g/mol. The van der Waals surface area contributed by atoms with Crippen molar-refractivity contribution in [3.63, 3.8) is 0 Å². The Bertz CT molecular complexity index is 810. The van der Waals surface area contributed by atoms with Gasteiger partial charge in [0.1, 0.15) is 5.56 Å². The van der Waals surface area contributed by atoms with E-state index < -0.39 is 17.3 Å². The van der Waals surface area contributed by atoms with Crippen LogP contribution in [-0.2, 0) is 0 Å². The van der Waals surface area contributed by atoms with Gasteiger partial charge in [0.25, 0.3) is 11.5 Å². The Morgan fingerprint density at radius 3 is 2.62 bits per heavy atom. The van der Waals surface area contributed by atoms with E-state index in [0.29, 0.717) is 5.56 Å². The number of rotatable bonds is 3. The van der Waals surface area contributed by atoms with Crippen molar-refractivity contribution >= 4 is 40.3 Å². The van der Waals surface area contributed by atoms with Crippen LogP contribution in [0.4, 0.5) is 0 Å². The van der Waals surface area contributed by atoms with E-state index in [1.807, 2.05) is 0 Å². The van der Waals surface area contributed by atoms with Crippen LogP contribution in [0.5, 0.6) is 5.88 Å². The van der Waals surface area contributed by atoms with E-state index in [-0.39, 0.29) is 10.3 Å². The summed E-state index contributed by atoms with van der Waals surface area (Å²) in [5.41, 5.74) is 1.90. The van der Waals surface area contributed by atoms with Gasteiger partial charge in [-0.25, -0.2) is 5.43 Å². The van der Waals surface area contributed by atoms with Crippen LogP contribution in [-0.4, -0.2) is 27.2 Å². The molecule has 2 aromatic rings. The summed E-state index contributed by atoms with van der Waals surface area (Å²) in [6.07, 6.45) is 1.02. The minimum atomic E-state index is -0.613. The Kier molecular flexibility index (Phi) is 4.66. The lowest BCUT2D eigenvalue weighted by molar-refractivity contribution is 0.0955. The minimum Gasteiger partial charge on any atom is -0.494 e. The Hall–Kier alpha value is -2.26. The molecule has 0 aliphatic heterocycles. The van der Waals surface area contributed by atoms with E-state index in [4.69, 9.17) is 0 Å². The number of hydrogen-bond donors (Lipinski definition) is 4. The van der Waals surface area contributed by atoms with Crippen molar-refractivity contribution in [1.82, 2.24) is 15.4 Å². The predicted molar refractivity (Wildman–Crippen MR) is 83.1 cm³/mol. The van der Waals surface area contributed by atoms with Crippen LogP contribution in [0.25, 0.3) is 0 Å². The van der Waals surface area contributed by atoms with Crippen molar-refractivity contribution < 1.29 is 9.90 Å². The number of halogens is 1.